The predicted molar refractivity (Wildman–Crippen MR) is 115 cm³/mol. The average molecular weight is 405 g/mol. The second-order valence-electron chi connectivity index (χ2n) is 7.64. The largest absolute Gasteiger partial charge is 0.352 e. The Hall–Kier alpha value is -2.02. The van der Waals surface area contributed by atoms with Gasteiger partial charge in [-0.05, 0) is 45.2 Å². The number of fused-ring (bicyclic) bond motifs is 1. The first-order valence-electron chi connectivity index (χ1n) is 9.97. The minimum atomic E-state index is -0.126. The van der Waals surface area contributed by atoms with Crippen LogP contribution >= 0.6 is 11.8 Å². The van der Waals surface area contributed by atoms with E-state index < -0.39 is 0 Å². The molecule has 6 nitrogen and oxygen atoms in total. The van der Waals surface area contributed by atoms with Gasteiger partial charge in [0.15, 0.2) is 5.16 Å². The molecule has 0 aliphatic heterocycles. The first kappa shape index (κ1) is 22.3. The van der Waals surface area contributed by atoms with E-state index >= 15 is 0 Å². The number of benzene rings is 1. The second-order valence-corrected chi connectivity index (χ2v) is 8.58. The zero-order chi connectivity index (χ0) is 20.7. The Morgan fingerprint density at radius 2 is 1.93 bits per heavy atom. The SMILES string of the molecule is CCN(CC(=O)NC(C)C)C(=O)CSc1nc2ccccc2n1CCC(C)C. The lowest BCUT2D eigenvalue weighted by molar-refractivity contribution is -0.134. The van der Waals surface area contributed by atoms with Crippen molar-refractivity contribution in [1.82, 2.24) is 19.8 Å². The number of hydrogen-bond acceptors (Lipinski definition) is 4. The molecule has 2 rings (SSSR count). The number of likely N-dealkylation sites (N-methyl/N-ethyl adjacent to an activating group) is 1. The molecule has 0 aliphatic rings. The van der Waals surface area contributed by atoms with Gasteiger partial charge in [0.05, 0.1) is 23.3 Å². The van der Waals surface area contributed by atoms with E-state index in [1.165, 1.54) is 11.8 Å². The van der Waals surface area contributed by atoms with Crippen molar-refractivity contribution in [1.29, 1.82) is 0 Å². The fourth-order valence-corrected chi connectivity index (χ4v) is 3.85. The maximum Gasteiger partial charge on any atom is 0.239 e. The second kappa shape index (κ2) is 10.5. The summed E-state index contributed by atoms with van der Waals surface area (Å²) in [5, 5.41) is 3.69. The number of hydrogen-bond donors (Lipinski definition) is 1. The third-order valence-corrected chi connectivity index (χ3v) is 5.35. The molecule has 28 heavy (non-hydrogen) atoms. The van der Waals surface area contributed by atoms with Crippen LogP contribution in [0.15, 0.2) is 29.4 Å². The zero-order valence-electron chi connectivity index (χ0n) is 17.6. The topological polar surface area (TPSA) is 67.2 Å². The first-order valence-corrected chi connectivity index (χ1v) is 11.0. The van der Waals surface area contributed by atoms with Crippen LogP contribution in [0.5, 0.6) is 0 Å². The summed E-state index contributed by atoms with van der Waals surface area (Å²) in [5.41, 5.74) is 2.05. The molecule has 0 unspecified atom stereocenters. The lowest BCUT2D eigenvalue weighted by atomic mass is 10.1. The summed E-state index contributed by atoms with van der Waals surface area (Å²) >= 11 is 1.45. The van der Waals surface area contributed by atoms with Gasteiger partial charge in [-0.25, -0.2) is 4.98 Å². The van der Waals surface area contributed by atoms with E-state index in [-0.39, 0.29) is 30.2 Å². The van der Waals surface area contributed by atoms with Crippen LogP contribution < -0.4 is 5.32 Å². The highest BCUT2D eigenvalue weighted by molar-refractivity contribution is 7.99. The molecular weight excluding hydrogens is 372 g/mol. The number of nitrogens with one attached hydrogen (secondary N) is 1. The number of rotatable bonds is 10. The number of para-hydroxylation sites is 2. The number of thioether (sulfide) groups is 1. The van der Waals surface area contributed by atoms with E-state index in [2.05, 4.69) is 29.8 Å². The predicted octanol–water partition coefficient (Wildman–Crippen LogP) is 3.55. The summed E-state index contributed by atoms with van der Waals surface area (Å²) in [7, 11) is 0. The monoisotopic (exact) mass is 404 g/mol. The van der Waals surface area contributed by atoms with Gasteiger partial charge in [-0.2, -0.15) is 0 Å². The van der Waals surface area contributed by atoms with Gasteiger partial charge >= 0.3 is 0 Å². The Morgan fingerprint density at radius 1 is 1.21 bits per heavy atom. The molecule has 1 N–H and O–H groups in total. The maximum absolute atomic E-state index is 12.6. The molecule has 1 aromatic carbocycles. The molecule has 154 valence electrons. The van der Waals surface area contributed by atoms with E-state index in [1.54, 1.807) is 4.90 Å². The van der Waals surface area contributed by atoms with Gasteiger partial charge in [0.1, 0.15) is 0 Å². The van der Waals surface area contributed by atoms with Crippen LogP contribution in [0.2, 0.25) is 0 Å². The molecule has 0 aliphatic carbocycles. The Morgan fingerprint density at radius 3 is 2.57 bits per heavy atom. The molecule has 1 heterocycles. The number of imidazole rings is 1. The molecule has 0 bridgehead atoms. The average Bonchev–Trinajstić information content (AvgIpc) is 2.99. The van der Waals surface area contributed by atoms with Crippen LogP contribution in [-0.2, 0) is 16.1 Å². The van der Waals surface area contributed by atoms with Gasteiger partial charge in [0.25, 0.3) is 0 Å². The Kier molecular flexibility index (Phi) is 8.35. The molecule has 0 saturated carbocycles. The van der Waals surface area contributed by atoms with Crippen LogP contribution in [0.3, 0.4) is 0 Å². The van der Waals surface area contributed by atoms with Crippen molar-refractivity contribution >= 4 is 34.6 Å². The van der Waals surface area contributed by atoms with Crippen LogP contribution in [0, 0.1) is 5.92 Å². The van der Waals surface area contributed by atoms with Gasteiger partial charge in [0.2, 0.25) is 11.8 Å². The fraction of sp³-hybridized carbons (Fsp3) is 0.571. The highest BCUT2D eigenvalue weighted by Gasteiger charge is 2.18. The number of carbonyl (C=O) groups is 2. The molecule has 2 aromatic rings. The van der Waals surface area contributed by atoms with Gasteiger partial charge < -0.3 is 14.8 Å². The molecule has 2 amide bonds. The Balaban J connectivity index is 2.07. The van der Waals surface area contributed by atoms with Crippen molar-refractivity contribution in [2.75, 3.05) is 18.8 Å². The third kappa shape index (κ3) is 6.26. The highest BCUT2D eigenvalue weighted by Crippen LogP contribution is 2.25. The summed E-state index contributed by atoms with van der Waals surface area (Å²) in [6.07, 6.45) is 1.05. The van der Waals surface area contributed by atoms with Crippen LogP contribution in [0.4, 0.5) is 0 Å². The minimum absolute atomic E-state index is 0.0473. The zero-order valence-corrected chi connectivity index (χ0v) is 18.4. The number of aryl methyl sites for hydroxylation is 1. The normalized spacial score (nSPS) is 11.4. The maximum atomic E-state index is 12.6. The number of carbonyl (C=O) groups excluding carboxylic acids is 2. The quantitative estimate of drug-likeness (QED) is 0.615. The minimum Gasteiger partial charge on any atom is -0.352 e. The van der Waals surface area contributed by atoms with E-state index in [0.29, 0.717) is 12.5 Å². The van der Waals surface area contributed by atoms with Crippen LogP contribution in [0.25, 0.3) is 11.0 Å². The van der Waals surface area contributed by atoms with Crippen molar-refractivity contribution in [3.05, 3.63) is 24.3 Å². The van der Waals surface area contributed by atoms with E-state index in [4.69, 9.17) is 4.98 Å². The fourth-order valence-electron chi connectivity index (χ4n) is 2.90. The number of aromatic nitrogens is 2. The van der Waals surface area contributed by atoms with Gasteiger partial charge in [-0.15, -0.1) is 0 Å². The van der Waals surface area contributed by atoms with E-state index in [0.717, 1.165) is 29.2 Å². The first-order chi connectivity index (χ1) is 13.3. The lowest BCUT2D eigenvalue weighted by Gasteiger charge is -2.21. The molecule has 7 heteroatoms. The summed E-state index contributed by atoms with van der Waals surface area (Å²) in [4.78, 5) is 31.0. The Labute approximate surface area is 172 Å². The van der Waals surface area contributed by atoms with Gasteiger partial charge in [-0.1, -0.05) is 37.7 Å². The summed E-state index contributed by atoms with van der Waals surface area (Å²) in [6.45, 7) is 11.6. The smallest absolute Gasteiger partial charge is 0.239 e. The van der Waals surface area contributed by atoms with E-state index in [9.17, 15) is 9.59 Å². The number of amides is 2. The highest BCUT2D eigenvalue weighted by atomic mass is 32.2. The van der Waals surface area contributed by atoms with Crippen LogP contribution in [0.1, 0.15) is 41.0 Å². The molecular formula is C21H32N4O2S. The van der Waals surface area contributed by atoms with Gasteiger partial charge in [-0.3, -0.25) is 9.59 Å². The molecule has 0 atom stereocenters. The van der Waals surface area contributed by atoms with Crippen molar-refractivity contribution < 1.29 is 9.59 Å². The van der Waals surface area contributed by atoms with Gasteiger partial charge in [0, 0.05) is 19.1 Å². The summed E-state index contributed by atoms with van der Waals surface area (Å²) < 4.78 is 2.20. The lowest BCUT2D eigenvalue weighted by Crippen LogP contribution is -2.43. The number of nitrogens with zero attached hydrogens (tertiary/aromatic N) is 3. The van der Waals surface area contributed by atoms with E-state index in [1.807, 2.05) is 39.0 Å². The third-order valence-electron chi connectivity index (χ3n) is 4.39. The van der Waals surface area contributed by atoms with Crippen molar-refractivity contribution in [2.45, 2.75) is 58.8 Å². The molecule has 0 spiro atoms. The summed E-state index contributed by atoms with van der Waals surface area (Å²) in [5.74, 6) is 0.692. The molecule has 0 radical (unpaired) electrons. The molecule has 1 aromatic heterocycles. The van der Waals surface area contributed by atoms with Crippen molar-refractivity contribution in [2.24, 2.45) is 5.92 Å². The summed E-state index contributed by atoms with van der Waals surface area (Å²) in [6, 6.07) is 8.14. The van der Waals surface area contributed by atoms with Crippen molar-refractivity contribution in [3.8, 4) is 0 Å². The van der Waals surface area contributed by atoms with Crippen molar-refractivity contribution in [3.63, 3.8) is 0 Å². The standard InChI is InChI=1S/C21H32N4O2S/c1-6-24(13-19(26)22-16(4)5)20(27)14-28-21-23-17-9-7-8-10-18(17)25(21)12-11-15(2)3/h7-10,15-16H,6,11-14H2,1-5H3,(H,22,26). The van der Waals surface area contributed by atoms with Crippen LogP contribution in [-0.4, -0.2) is 51.1 Å². The molecule has 0 saturated heterocycles. The molecule has 0 fully saturated rings. The Bertz CT molecular complexity index is 801.